The van der Waals surface area contributed by atoms with Crippen molar-refractivity contribution in [3.8, 4) is 11.8 Å². The first-order valence-electron chi connectivity index (χ1n) is 5.88. The lowest BCUT2D eigenvalue weighted by Crippen LogP contribution is -2.04. The van der Waals surface area contributed by atoms with Crippen LogP contribution in [-0.4, -0.2) is 24.2 Å². The Labute approximate surface area is 117 Å². The Bertz CT molecular complexity index is 512. The number of halogens is 1. The lowest BCUT2D eigenvalue weighted by molar-refractivity contribution is 0.368. The molecule has 0 saturated heterocycles. The molecule has 0 aliphatic rings. The van der Waals surface area contributed by atoms with Crippen LogP contribution in [0, 0.1) is 0 Å². The van der Waals surface area contributed by atoms with Crippen LogP contribution in [-0.2, 0) is 6.42 Å². The van der Waals surface area contributed by atoms with Gasteiger partial charge in [0.1, 0.15) is 5.82 Å². The van der Waals surface area contributed by atoms with Crippen molar-refractivity contribution in [2.75, 3.05) is 14.2 Å². The van der Waals surface area contributed by atoms with Crippen molar-refractivity contribution < 1.29 is 9.47 Å². The highest BCUT2D eigenvalue weighted by Gasteiger charge is 2.13. The monoisotopic (exact) mass is 278 g/mol. The molecule has 1 aromatic carbocycles. The summed E-state index contributed by atoms with van der Waals surface area (Å²) < 4.78 is 10.2. The lowest BCUT2D eigenvalue weighted by atomic mass is 10.1. The molecule has 1 atom stereocenters. The van der Waals surface area contributed by atoms with Crippen molar-refractivity contribution in [3.05, 3.63) is 47.8 Å². The Hall–Kier alpha value is -1.81. The molecule has 0 spiro atoms. The van der Waals surface area contributed by atoms with Crippen molar-refractivity contribution in [2.45, 2.75) is 11.8 Å². The zero-order valence-electron chi connectivity index (χ0n) is 10.8. The average molecular weight is 279 g/mol. The molecule has 0 amide bonds. The van der Waals surface area contributed by atoms with Gasteiger partial charge in [-0.05, 0) is 5.56 Å². The summed E-state index contributed by atoms with van der Waals surface area (Å²) in [6, 6.07) is 11.5. The molecule has 0 aliphatic carbocycles. The van der Waals surface area contributed by atoms with Gasteiger partial charge in [0.2, 0.25) is 11.8 Å². The highest BCUT2D eigenvalue weighted by Crippen LogP contribution is 2.25. The topological polar surface area (TPSA) is 44.2 Å². The van der Waals surface area contributed by atoms with Gasteiger partial charge in [0.25, 0.3) is 0 Å². The molecule has 0 aliphatic heterocycles. The first kappa shape index (κ1) is 13.6. The van der Waals surface area contributed by atoms with Gasteiger partial charge < -0.3 is 9.47 Å². The molecule has 1 unspecified atom stereocenters. The molecule has 1 heterocycles. The first-order valence-corrected chi connectivity index (χ1v) is 6.31. The van der Waals surface area contributed by atoms with Crippen LogP contribution in [0.5, 0.6) is 11.8 Å². The second kappa shape index (κ2) is 6.38. The van der Waals surface area contributed by atoms with Gasteiger partial charge in [0.05, 0.1) is 25.7 Å². The number of aromatic nitrogens is 2. The number of methoxy groups -OCH3 is 2. The van der Waals surface area contributed by atoms with Crippen molar-refractivity contribution in [3.63, 3.8) is 0 Å². The highest BCUT2D eigenvalue weighted by atomic mass is 35.5. The van der Waals surface area contributed by atoms with E-state index in [4.69, 9.17) is 21.1 Å². The van der Waals surface area contributed by atoms with Crippen molar-refractivity contribution in [1.29, 1.82) is 0 Å². The van der Waals surface area contributed by atoms with Crippen LogP contribution in [0.2, 0.25) is 0 Å². The van der Waals surface area contributed by atoms with Gasteiger partial charge in [0, 0.05) is 6.42 Å². The van der Waals surface area contributed by atoms with Gasteiger partial charge in [-0.25, -0.2) is 0 Å². The van der Waals surface area contributed by atoms with Gasteiger partial charge in [0.15, 0.2) is 0 Å². The van der Waals surface area contributed by atoms with E-state index in [1.807, 2.05) is 30.3 Å². The average Bonchev–Trinajstić information content (AvgIpc) is 2.47. The first-order chi connectivity index (χ1) is 9.22. The molecule has 5 heteroatoms. The summed E-state index contributed by atoms with van der Waals surface area (Å²) in [6.07, 6.45) is 0.513. The van der Waals surface area contributed by atoms with E-state index in [-0.39, 0.29) is 5.38 Å². The predicted octanol–water partition coefficient (Wildman–Crippen LogP) is 3.02. The Balaban J connectivity index is 2.18. The van der Waals surface area contributed by atoms with E-state index in [0.717, 1.165) is 5.56 Å². The van der Waals surface area contributed by atoms with Gasteiger partial charge >= 0.3 is 0 Å². The van der Waals surface area contributed by atoms with E-state index >= 15 is 0 Å². The molecule has 100 valence electrons. The number of hydrogen-bond donors (Lipinski definition) is 0. The molecule has 2 rings (SSSR count). The van der Waals surface area contributed by atoms with Crippen LogP contribution in [0.25, 0.3) is 0 Å². The standard InChI is InChI=1S/C14H15ClN2O2/c1-18-13-9-14(19-2)17-12(16-13)8-11(15)10-6-4-3-5-7-10/h3-7,9,11H,8H2,1-2H3. The maximum atomic E-state index is 6.37. The Morgan fingerprint density at radius 3 is 2.16 bits per heavy atom. The molecule has 1 aromatic heterocycles. The van der Waals surface area contributed by atoms with E-state index in [1.165, 1.54) is 0 Å². The van der Waals surface area contributed by atoms with Gasteiger partial charge in [-0.1, -0.05) is 30.3 Å². The molecule has 4 nitrogen and oxygen atoms in total. The third-order valence-electron chi connectivity index (χ3n) is 2.67. The van der Waals surface area contributed by atoms with Gasteiger partial charge in [-0.2, -0.15) is 9.97 Å². The van der Waals surface area contributed by atoms with Crippen LogP contribution in [0.4, 0.5) is 0 Å². The molecule has 0 fully saturated rings. The molecule has 0 saturated carbocycles. The number of benzene rings is 1. The number of ether oxygens (including phenoxy) is 2. The smallest absolute Gasteiger partial charge is 0.220 e. The molecule has 19 heavy (non-hydrogen) atoms. The summed E-state index contributed by atoms with van der Waals surface area (Å²) >= 11 is 6.37. The fraction of sp³-hybridized carbons (Fsp3) is 0.286. The minimum absolute atomic E-state index is 0.182. The van der Waals surface area contributed by atoms with Crippen molar-refractivity contribution >= 4 is 11.6 Å². The third-order valence-corrected chi connectivity index (χ3v) is 3.07. The zero-order valence-corrected chi connectivity index (χ0v) is 11.6. The fourth-order valence-corrected chi connectivity index (χ4v) is 1.97. The Morgan fingerprint density at radius 2 is 1.63 bits per heavy atom. The minimum Gasteiger partial charge on any atom is -0.481 e. The lowest BCUT2D eigenvalue weighted by Gasteiger charge is -2.10. The molecular formula is C14H15ClN2O2. The third kappa shape index (κ3) is 3.58. The fourth-order valence-electron chi connectivity index (χ4n) is 1.69. The van der Waals surface area contributed by atoms with Crippen molar-refractivity contribution in [2.24, 2.45) is 0 Å². The van der Waals surface area contributed by atoms with Crippen LogP contribution in [0.1, 0.15) is 16.8 Å². The number of rotatable bonds is 5. The van der Waals surface area contributed by atoms with E-state index in [0.29, 0.717) is 24.0 Å². The second-order valence-electron chi connectivity index (χ2n) is 3.95. The molecule has 0 bridgehead atoms. The Kier molecular flexibility index (Phi) is 4.58. The van der Waals surface area contributed by atoms with Gasteiger partial charge in [-0.3, -0.25) is 0 Å². The van der Waals surface area contributed by atoms with E-state index in [9.17, 15) is 0 Å². The zero-order chi connectivity index (χ0) is 13.7. The molecule has 0 N–H and O–H groups in total. The normalized spacial score (nSPS) is 11.9. The quantitative estimate of drug-likeness (QED) is 0.789. The molecule has 0 radical (unpaired) electrons. The van der Waals surface area contributed by atoms with E-state index < -0.39 is 0 Å². The summed E-state index contributed by atoms with van der Waals surface area (Å²) in [4.78, 5) is 8.54. The minimum atomic E-state index is -0.182. The summed E-state index contributed by atoms with van der Waals surface area (Å²) in [5.41, 5.74) is 1.04. The maximum absolute atomic E-state index is 6.37. The summed E-state index contributed by atoms with van der Waals surface area (Å²) in [5.74, 6) is 1.54. The molecule has 2 aromatic rings. The summed E-state index contributed by atoms with van der Waals surface area (Å²) in [5, 5.41) is -0.182. The number of alkyl halides is 1. The van der Waals surface area contributed by atoms with Crippen molar-refractivity contribution in [1.82, 2.24) is 9.97 Å². The van der Waals surface area contributed by atoms with E-state index in [1.54, 1.807) is 20.3 Å². The predicted molar refractivity (Wildman–Crippen MR) is 73.9 cm³/mol. The van der Waals surface area contributed by atoms with Crippen LogP contribution in [0.3, 0.4) is 0 Å². The second-order valence-corrected chi connectivity index (χ2v) is 4.48. The Morgan fingerprint density at radius 1 is 1.05 bits per heavy atom. The molecular weight excluding hydrogens is 264 g/mol. The largest absolute Gasteiger partial charge is 0.481 e. The highest BCUT2D eigenvalue weighted by molar-refractivity contribution is 6.20. The maximum Gasteiger partial charge on any atom is 0.220 e. The van der Waals surface area contributed by atoms with Crippen LogP contribution >= 0.6 is 11.6 Å². The summed E-state index contributed by atoms with van der Waals surface area (Å²) in [7, 11) is 3.11. The SMILES string of the molecule is COc1cc(OC)nc(CC(Cl)c2ccccc2)n1. The number of nitrogens with zero attached hydrogens (tertiary/aromatic N) is 2. The number of hydrogen-bond acceptors (Lipinski definition) is 4. The van der Waals surface area contributed by atoms with Crippen LogP contribution < -0.4 is 9.47 Å². The van der Waals surface area contributed by atoms with E-state index in [2.05, 4.69) is 9.97 Å². The van der Waals surface area contributed by atoms with Crippen LogP contribution in [0.15, 0.2) is 36.4 Å². The summed E-state index contributed by atoms with van der Waals surface area (Å²) in [6.45, 7) is 0. The van der Waals surface area contributed by atoms with Gasteiger partial charge in [-0.15, -0.1) is 11.6 Å².